The van der Waals surface area contributed by atoms with Crippen LogP contribution in [-0.4, -0.2) is 52.4 Å². The highest BCUT2D eigenvalue weighted by Crippen LogP contribution is 2.38. The van der Waals surface area contributed by atoms with Crippen molar-refractivity contribution in [2.45, 2.75) is 26.2 Å². The number of carbonyl (C=O) groups is 1. The molecule has 0 fully saturated rings. The predicted octanol–water partition coefficient (Wildman–Crippen LogP) is 2.70. The summed E-state index contributed by atoms with van der Waals surface area (Å²) < 4.78 is 16.0. The second-order valence-corrected chi connectivity index (χ2v) is 5.29. The molecule has 0 aliphatic rings. The summed E-state index contributed by atoms with van der Waals surface area (Å²) in [5, 5.41) is 2.92. The molecule has 1 aromatic rings. The van der Waals surface area contributed by atoms with E-state index in [1.165, 1.54) is 0 Å². The van der Waals surface area contributed by atoms with Crippen molar-refractivity contribution in [3.8, 4) is 17.2 Å². The van der Waals surface area contributed by atoms with Crippen LogP contribution < -0.4 is 19.5 Å². The number of benzene rings is 1. The standard InChI is InChI=1S/C17H28N2O4/c1-6-7-10-19(2)17(20)18-9-8-13-11-14(21-3)16(23-5)15(12-13)22-4/h11-12H,6-10H2,1-5H3,(H,18,20). The molecule has 0 saturated heterocycles. The van der Waals surface area contributed by atoms with Crippen LogP contribution in [0.3, 0.4) is 0 Å². The lowest BCUT2D eigenvalue weighted by atomic mass is 10.1. The Balaban J connectivity index is 2.62. The van der Waals surface area contributed by atoms with Gasteiger partial charge in [-0.3, -0.25) is 0 Å². The Morgan fingerprint density at radius 2 is 1.74 bits per heavy atom. The van der Waals surface area contributed by atoms with E-state index in [0.29, 0.717) is 30.2 Å². The van der Waals surface area contributed by atoms with E-state index in [0.717, 1.165) is 24.9 Å². The minimum absolute atomic E-state index is 0.0501. The van der Waals surface area contributed by atoms with Crippen molar-refractivity contribution in [1.29, 1.82) is 0 Å². The van der Waals surface area contributed by atoms with E-state index < -0.39 is 0 Å². The number of urea groups is 1. The van der Waals surface area contributed by atoms with Crippen LogP contribution in [0, 0.1) is 0 Å². The van der Waals surface area contributed by atoms with Crippen molar-refractivity contribution >= 4 is 6.03 Å². The molecule has 0 saturated carbocycles. The lowest BCUT2D eigenvalue weighted by Crippen LogP contribution is -2.38. The number of methoxy groups -OCH3 is 3. The van der Waals surface area contributed by atoms with Crippen LogP contribution in [0.1, 0.15) is 25.3 Å². The number of nitrogens with one attached hydrogen (secondary N) is 1. The van der Waals surface area contributed by atoms with E-state index in [-0.39, 0.29) is 6.03 Å². The van der Waals surface area contributed by atoms with Gasteiger partial charge in [-0.05, 0) is 30.5 Å². The SMILES string of the molecule is CCCCN(C)C(=O)NCCc1cc(OC)c(OC)c(OC)c1. The van der Waals surface area contributed by atoms with E-state index in [4.69, 9.17) is 14.2 Å². The average Bonchev–Trinajstić information content (AvgIpc) is 2.58. The molecule has 130 valence electrons. The zero-order chi connectivity index (χ0) is 17.2. The van der Waals surface area contributed by atoms with Gasteiger partial charge in [-0.2, -0.15) is 0 Å². The van der Waals surface area contributed by atoms with Crippen LogP contribution in [0.5, 0.6) is 17.2 Å². The van der Waals surface area contributed by atoms with Gasteiger partial charge in [-0.1, -0.05) is 13.3 Å². The van der Waals surface area contributed by atoms with Gasteiger partial charge in [0.25, 0.3) is 0 Å². The summed E-state index contributed by atoms with van der Waals surface area (Å²) in [5.74, 6) is 1.81. The number of hydrogen-bond acceptors (Lipinski definition) is 4. The zero-order valence-corrected chi connectivity index (χ0v) is 14.8. The maximum absolute atomic E-state index is 11.9. The molecule has 0 heterocycles. The molecule has 0 atom stereocenters. The van der Waals surface area contributed by atoms with Crippen molar-refractivity contribution in [2.24, 2.45) is 0 Å². The Morgan fingerprint density at radius 3 is 2.22 bits per heavy atom. The number of hydrogen-bond donors (Lipinski definition) is 1. The van der Waals surface area contributed by atoms with Crippen molar-refractivity contribution in [3.05, 3.63) is 17.7 Å². The third-order valence-corrected chi connectivity index (χ3v) is 3.61. The summed E-state index contributed by atoms with van der Waals surface area (Å²) in [5.41, 5.74) is 1.01. The fourth-order valence-electron chi connectivity index (χ4n) is 2.23. The monoisotopic (exact) mass is 324 g/mol. The molecule has 0 unspecified atom stereocenters. The summed E-state index contributed by atoms with van der Waals surface area (Å²) in [4.78, 5) is 13.6. The summed E-state index contributed by atoms with van der Waals surface area (Å²) in [6.07, 6.45) is 2.77. The van der Waals surface area contributed by atoms with Crippen LogP contribution in [0.15, 0.2) is 12.1 Å². The summed E-state index contributed by atoms with van der Waals surface area (Å²) in [7, 11) is 6.56. The normalized spacial score (nSPS) is 10.1. The molecule has 2 amide bonds. The molecule has 1 N–H and O–H groups in total. The van der Waals surface area contributed by atoms with Gasteiger partial charge in [0.15, 0.2) is 11.5 Å². The van der Waals surface area contributed by atoms with Crippen LogP contribution in [0.25, 0.3) is 0 Å². The summed E-state index contributed by atoms with van der Waals surface area (Å²) in [6.45, 7) is 3.43. The topological polar surface area (TPSA) is 60.0 Å². The number of amides is 2. The van der Waals surface area contributed by atoms with E-state index >= 15 is 0 Å². The van der Waals surface area contributed by atoms with E-state index in [9.17, 15) is 4.79 Å². The minimum Gasteiger partial charge on any atom is -0.493 e. The summed E-state index contributed by atoms with van der Waals surface area (Å²) in [6, 6.07) is 3.74. The maximum Gasteiger partial charge on any atom is 0.317 e. The first-order chi connectivity index (χ1) is 11.1. The van der Waals surface area contributed by atoms with Crippen LogP contribution in [0.4, 0.5) is 4.79 Å². The average molecular weight is 324 g/mol. The molecule has 6 nitrogen and oxygen atoms in total. The fraction of sp³-hybridized carbons (Fsp3) is 0.588. The maximum atomic E-state index is 11.9. The van der Waals surface area contributed by atoms with Gasteiger partial charge in [0.1, 0.15) is 0 Å². The molecule has 0 spiro atoms. The number of nitrogens with zero attached hydrogens (tertiary/aromatic N) is 1. The smallest absolute Gasteiger partial charge is 0.317 e. The van der Waals surface area contributed by atoms with Crippen molar-refractivity contribution in [1.82, 2.24) is 10.2 Å². The number of ether oxygens (including phenoxy) is 3. The third kappa shape index (κ3) is 5.54. The highest BCUT2D eigenvalue weighted by atomic mass is 16.5. The van der Waals surface area contributed by atoms with Gasteiger partial charge in [-0.15, -0.1) is 0 Å². The fourth-order valence-corrected chi connectivity index (χ4v) is 2.23. The number of rotatable bonds is 9. The van der Waals surface area contributed by atoms with Crippen molar-refractivity contribution < 1.29 is 19.0 Å². The Bertz CT molecular complexity index is 480. The molecule has 23 heavy (non-hydrogen) atoms. The zero-order valence-electron chi connectivity index (χ0n) is 14.8. The molecular formula is C17H28N2O4. The molecule has 0 bridgehead atoms. The number of carbonyl (C=O) groups excluding carboxylic acids is 1. The van der Waals surface area contributed by atoms with E-state index in [1.807, 2.05) is 19.2 Å². The van der Waals surface area contributed by atoms with Gasteiger partial charge in [0.2, 0.25) is 5.75 Å². The van der Waals surface area contributed by atoms with Gasteiger partial charge in [0, 0.05) is 20.1 Å². The molecule has 0 aliphatic carbocycles. The van der Waals surface area contributed by atoms with E-state index in [1.54, 1.807) is 26.2 Å². The highest BCUT2D eigenvalue weighted by molar-refractivity contribution is 5.73. The van der Waals surface area contributed by atoms with Gasteiger partial charge < -0.3 is 24.4 Å². The van der Waals surface area contributed by atoms with Crippen molar-refractivity contribution in [2.75, 3.05) is 41.5 Å². The third-order valence-electron chi connectivity index (χ3n) is 3.61. The predicted molar refractivity (Wildman–Crippen MR) is 90.7 cm³/mol. The molecule has 6 heteroatoms. The lowest BCUT2D eigenvalue weighted by molar-refractivity contribution is 0.208. The second kappa shape index (κ2) is 9.82. The first kappa shape index (κ1) is 18.9. The summed E-state index contributed by atoms with van der Waals surface area (Å²) >= 11 is 0. The van der Waals surface area contributed by atoms with Gasteiger partial charge in [0.05, 0.1) is 21.3 Å². The van der Waals surface area contributed by atoms with E-state index in [2.05, 4.69) is 12.2 Å². The minimum atomic E-state index is -0.0501. The number of unbranched alkanes of at least 4 members (excludes halogenated alkanes) is 1. The Labute approximate surface area is 138 Å². The highest BCUT2D eigenvalue weighted by Gasteiger charge is 2.13. The lowest BCUT2D eigenvalue weighted by Gasteiger charge is -2.18. The first-order valence-corrected chi connectivity index (χ1v) is 7.85. The molecule has 0 aliphatic heterocycles. The largest absolute Gasteiger partial charge is 0.493 e. The molecule has 1 rings (SSSR count). The van der Waals surface area contributed by atoms with Crippen LogP contribution in [0.2, 0.25) is 0 Å². The molecule has 0 radical (unpaired) electrons. The first-order valence-electron chi connectivity index (χ1n) is 7.85. The molecular weight excluding hydrogens is 296 g/mol. The Morgan fingerprint density at radius 1 is 1.13 bits per heavy atom. The molecule has 0 aromatic heterocycles. The van der Waals surface area contributed by atoms with Crippen LogP contribution >= 0.6 is 0 Å². The Kier molecular flexibility index (Phi) is 8.08. The van der Waals surface area contributed by atoms with Gasteiger partial charge in [-0.25, -0.2) is 4.79 Å². The second-order valence-electron chi connectivity index (χ2n) is 5.29. The Hall–Kier alpha value is -2.11. The van der Waals surface area contributed by atoms with Gasteiger partial charge >= 0.3 is 6.03 Å². The van der Waals surface area contributed by atoms with Crippen LogP contribution in [-0.2, 0) is 6.42 Å². The molecule has 1 aromatic carbocycles. The van der Waals surface area contributed by atoms with Crippen molar-refractivity contribution in [3.63, 3.8) is 0 Å². The quantitative estimate of drug-likeness (QED) is 0.759.